The van der Waals surface area contributed by atoms with Crippen molar-refractivity contribution in [1.82, 2.24) is 10.6 Å². The predicted octanol–water partition coefficient (Wildman–Crippen LogP) is 2.46. The summed E-state index contributed by atoms with van der Waals surface area (Å²) in [6.07, 6.45) is 0.00366. The lowest BCUT2D eigenvalue weighted by Gasteiger charge is -2.16. The van der Waals surface area contributed by atoms with E-state index in [-0.39, 0.29) is 18.1 Å². The fourth-order valence-corrected chi connectivity index (χ4v) is 1.65. The molecule has 0 spiro atoms. The molecular formula is C14H21ClN2O2. The van der Waals surface area contributed by atoms with Crippen LogP contribution in [0, 0.1) is 0 Å². The van der Waals surface area contributed by atoms with Crippen molar-refractivity contribution in [3.63, 3.8) is 0 Å². The van der Waals surface area contributed by atoms with Crippen LogP contribution in [0.25, 0.3) is 0 Å². The molecule has 0 aliphatic carbocycles. The smallest absolute Gasteiger partial charge is 0.255 e. The summed E-state index contributed by atoms with van der Waals surface area (Å²) in [4.78, 5) is 12.1. The third-order valence-corrected chi connectivity index (χ3v) is 2.85. The second-order valence-electron chi connectivity index (χ2n) is 4.71. The Hall–Kier alpha value is -1.26. The van der Waals surface area contributed by atoms with E-state index in [2.05, 4.69) is 10.6 Å². The van der Waals surface area contributed by atoms with Gasteiger partial charge in [-0.15, -0.1) is 0 Å². The molecule has 1 aromatic carbocycles. The number of rotatable bonds is 6. The van der Waals surface area contributed by atoms with Crippen LogP contribution in [0.1, 0.15) is 31.1 Å². The van der Waals surface area contributed by atoms with Crippen molar-refractivity contribution in [2.45, 2.75) is 32.9 Å². The molecule has 2 N–H and O–H groups in total. The number of nitrogens with one attached hydrogen (secondary N) is 2. The third-order valence-electron chi connectivity index (χ3n) is 2.61. The van der Waals surface area contributed by atoms with Gasteiger partial charge in [-0.05, 0) is 46.0 Å². The number of halogens is 1. The standard InChI is InChI=1S/C14H21ClN2O2/c1-9(2)19-13-6-5-11(15)7-12(13)14(18)17-8-10(3)16-4/h5-7,9-10,16H,8H2,1-4H3,(H,17,18). The summed E-state index contributed by atoms with van der Waals surface area (Å²) in [5, 5.41) is 6.42. The first-order valence-electron chi connectivity index (χ1n) is 6.35. The van der Waals surface area contributed by atoms with Crippen LogP contribution in [0.2, 0.25) is 5.02 Å². The zero-order valence-corrected chi connectivity index (χ0v) is 12.5. The third kappa shape index (κ3) is 5.09. The van der Waals surface area contributed by atoms with Crippen molar-refractivity contribution < 1.29 is 9.53 Å². The van der Waals surface area contributed by atoms with Crippen LogP contribution in [-0.2, 0) is 0 Å². The molecule has 0 aliphatic rings. The number of hydrogen-bond acceptors (Lipinski definition) is 3. The average molecular weight is 285 g/mol. The van der Waals surface area contributed by atoms with E-state index in [1.54, 1.807) is 18.2 Å². The highest BCUT2D eigenvalue weighted by molar-refractivity contribution is 6.31. The lowest BCUT2D eigenvalue weighted by atomic mass is 10.1. The van der Waals surface area contributed by atoms with E-state index in [9.17, 15) is 4.79 Å². The fraction of sp³-hybridized carbons (Fsp3) is 0.500. The quantitative estimate of drug-likeness (QED) is 0.844. The number of ether oxygens (including phenoxy) is 1. The second kappa shape index (κ2) is 7.36. The second-order valence-corrected chi connectivity index (χ2v) is 5.14. The van der Waals surface area contributed by atoms with Gasteiger partial charge in [0.05, 0.1) is 11.7 Å². The zero-order valence-electron chi connectivity index (χ0n) is 11.8. The van der Waals surface area contributed by atoms with E-state index < -0.39 is 0 Å². The molecule has 0 saturated carbocycles. The van der Waals surface area contributed by atoms with Gasteiger partial charge >= 0.3 is 0 Å². The van der Waals surface area contributed by atoms with Crippen molar-refractivity contribution in [2.75, 3.05) is 13.6 Å². The van der Waals surface area contributed by atoms with Crippen molar-refractivity contribution in [2.24, 2.45) is 0 Å². The Bertz CT molecular complexity index is 435. The van der Waals surface area contributed by atoms with Gasteiger partial charge in [0, 0.05) is 17.6 Å². The highest BCUT2D eigenvalue weighted by atomic mass is 35.5. The Morgan fingerprint density at radius 2 is 2.05 bits per heavy atom. The van der Waals surface area contributed by atoms with Crippen molar-refractivity contribution in [3.8, 4) is 5.75 Å². The summed E-state index contributed by atoms with van der Waals surface area (Å²) in [7, 11) is 1.85. The molecule has 1 unspecified atom stereocenters. The Morgan fingerprint density at radius 3 is 2.63 bits per heavy atom. The Labute approximate surface area is 119 Å². The van der Waals surface area contributed by atoms with Crippen LogP contribution in [0.3, 0.4) is 0 Å². The zero-order chi connectivity index (χ0) is 14.4. The van der Waals surface area contributed by atoms with Crippen molar-refractivity contribution >= 4 is 17.5 Å². The lowest BCUT2D eigenvalue weighted by molar-refractivity contribution is 0.0944. The van der Waals surface area contributed by atoms with Gasteiger partial charge in [-0.3, -0.25) is 4.79 Å². The number of hydrogen-bond donors (Lipinski definition) is 2. The van der Waals surface area contributed by atoms with Gasteiger partial charge in [-0.2, -0.15) is 0 Å². The molecule has 0 saturated heterocycles. The SMILES string of the molecule is CNC(C)CNC(=O)c1cc(Cl)ccc1OC(C)C. The Balaban J connectivity index is 2.84. The molecule has 1 rings (SSSR count). The summed E-state index contributed by atoms with van der Waals surface area (Å²) in [5.41, 5.74) is 0.463. The molecule has 0 bridgehead atoms. The van der Waals surface area contributed by atoms with Crippen LogP contribution in [0.5, 0.6) is 5.75 Å². The predicted molar refractivity (Wildman–Crippen MR) is 78.1 cm³/mol. The first-order chi connectivity index (χ1) is 8.93. The first-order valence-corrected chi connectivity index (χ1v) is 6.73. The van der Waals surface area contributed by atoms with Crippen LogP contribution >= 0.6 is 11.6 Å². The number of carbonyl (C=O) groups is 1. The molecule has 106 valence electrons. The average Bonchev–Trinajstić information content (AvgIpc) is 2.37. The normalized spacial score (nSPS) is 12.3. The van der Waals surface area contributed by atoms with Crippen LogP contribution < -0.4 is 15.4 Å². The summed E-state index contributed by atoms with van der Waals surface area (Å²) >= 11 is 5.94. The molecule has 1 aromatic rings. The minimum absolute atomic E-state index is 0.00366. The summed E-state index contributed by atoms with van der Waals surface area (Å²) in [5.74, 6) is 0.370. The highest BCUT2D eigenvalue weighted by Crippen LogP contribution is 2.23. The van der Waals surface area contributed by atoms with Crippen LogP contribution in [0.15, 0.2) is 18.2 Å². The topological polar surface area (TPSA) is 50.4 Å². The maximum Gasteiger partial charge on any atom is 0.255 e. The molecule has 0 fully saturated rings. The van der Waals surface area contributed by atoms with Crippen LogP contribution in [0.4, 0.5) is 0 Å². The molecule has 4 nitrogen and oxygen atoms in total. The van der Waals surface area contributed by atoms with E-state index in [4.69, 9.17) is 16.3 Å². The highest BCUT2D eigenvalue weighted by Gasteiger charge is 2.14. The van der Waals surface area contributed by atoms with Crippen molar-refractivity contribution in [3.05, 3.63) is 28.8 Å². The fourth-order valence-electron chi connectivity index (χ4n) is 1.48. The van der Waals surface area contributed by atoms with Gasteiger partial charge in [-0.25, -0.2) is 0 Å². The molecule has 1 amide bonds. The van der Waals surface area contributed by atoms with Crippen molar-refractivity contribution in [1.29, 1.82) is 0 Å². The largest absolute Gasteiger partial charge is 0.490 e. The van der Waals surface area contributed by atoms with Gasteiger partial charge in [-0.1, -0.05) is 11.6 Å². The summed E-state index contributed by atoms with van der Waals surface area (Å²) in [6.45, 7) is 6.37. The molecule has 1 atom stereocenters. The van der Waals surface area contributed by atoms with Gasteiger partial charge in [0.1, 0.15) is 5.75 Å². The van der Waals surface area contributed by atoms with E-state index in [1.165, 1.54) is 0 Å². The molecule has 0 heterocycles. The van der Waals surface area contributed by atoms with E-state index in [0.717, 1.165) is 0 Å². The number of likely N-dealkylation sites (N-methyl/N-ethyl adjacent to an activating group) is 1. The lowest BCUT2D eigenvalue weighted by Crippen LogP contribution is -2.37. The monoisotopic (exact) mass is 284 g/mol. The molecule has 0 radical (unpaired) electrons. The molecule has 5 heteroatoms. The maximum atomic E-state index is 12.1. The number of amides is 1. The number of carbonyl (C=O) groups excluding carboxylic acids is 1. The minimum atomic E-state index is -0.180. The van der Waals surface area contributed by atoms with Gasteiger partial charge < -0.3 is 15.4 Å². The molecular weight excluding hydrogens is 264 g/mol. The number of benzene rings is 1. The Morgan fingerprint density at radius 1 is 1.37 bits per heavy atom. The summed E-state index contributed by atoms with van der Waals surface area (Å²) in [6, 6.07) is 5.27. The van der Waals surface area contributed by atoms with Crippen LogP contribution in [-0.4, -0.2) is 31.6 Å². The minimum Gasteiger partial charge on any atom is -0.490 e. The molecule has 0 aromatic heterocycles. The summed E-state index contributed by atoms with van der Waals surface area (Å²) < 4.78 is 5.62. The van der Waals surface area contributed by atoms with E-state index in [1.807, 2.05) is 27.8 Å². The maximum absolute atomic E-state index is 12.1. The Kier molecular flexibility index (Phi) is 6.12. The van der Waals surface area contributed by atoms with Gasteiger partial charge in [0.25, 0.3) is 5.91 Å². The molecule has 0 aliphatic heterocycles. The van der Waals surface area contributed by atoms with E-state index >= 15 is 0 Å². The molecule has 19 heavy (non-hydrogen) atoms. The first kappa shape index (κ1) is 15.8. The van der Waals surface area contributed by atoms with Gasteiger partial charge in [0.2, 0.25) is 0 Å². The van der Waals surface area contributed by atoms with Gasteiger partial charge in [0.15, 0.2) is 0 Å². The van der Waals surface area contributed by atoms with E-state index in [0.29, 0.717) is 22.9 Å².